The summed E-state index contributed by atoms with van der Waals surface area (Å²) in [6.07, 6.45) is 4.75. The number of nitrogens with two attached hydrogens (primary N) is 1. The Balaban J connectivity index is 2.10. The molecule has 1 unspecified atom stereocenters. The molecule has 114 valence electrons. The van der Waals surface area contributed by atoms with Gasteiger partial charge < -0.3 is 19.7 Å². The third-order valence-electron chi connectivity index (χ3n) is 4.27. The Labute approximate surface area is 120 Å². The minimum absolute atomic E-state index is 0.285. The van der Waals surface area contributed by atoms with Crippen LogP contribution in [0.25, 0.3) is 0 Å². The van der Waals surface area contributed by atoms with Gasteiger partial charge in [0.05, 0.1) is 6.04 Å². The maximum absolute atomic E-state index is 6.01. The molecule has 20 heavy (non-hydrogen) atoms. The second-order valence-corrected chi connectivity index (χ2v) is 5.73. The van der Waals surface area contributed by atoms with Gasteiger partial charge in [0.25, 0.3) is 0 Å². The van der Waals surface area contributed by atoms with Crippen molar-refractivity contribution >= 4 is 0 Å². The van der Waals surface area contributed by atoms with E-state index in [2.05, 4.69) is 17.1 Å². The van der Waals surface area contributed by atoms with Crippen molar-refractivity contribution in [3.63, 3.8) is 0 Å². The van der Waals surface area contributed by atoms with Crippen LogP contribution in [0.5, 0.6) is 0 Å². The van der Waals surface area contributed by atoms with Gasteiger partial charge in [0.2, 0.25) is 11.7 Å². The van der Waals surface area contributed by atoms with Gasteiger partial charge in [0.1, 0.15) is 5.60 Å². The first-order chi connectivity index (χ1) is 9.61. The zero-order valence-corrected chi connectivity index (χ0v) is 12.6. The van der Waals surface area contributed by atoms with E-state index in [1.807, 2.05) is 0 Å². The molecule has 0 amide bonds. The van der Waals surface area contributed by atoms with Crippen molar-refractivity contribution in [3.8, 4) is 0 Å². The number of methoxy groups -OCH3 is 2. The first-order valence-corrected chi connectivity index (χ1v) is 7.25. The van der Waals surface area contributed by atoms with Crippen LogP contribution in [-0.2, 0) is 15.1 Å². The van der Waals surface area contributed by atoms with Gasteiger partial charge in [-0.3, -0.25) is 0 Å². The van der Waals surface area contributed by atoms with Crippen LogP contribution in [0.3, 0.4) is 0 Å². The van der Waals surface area contributed by atoms with Gasteiger partial charge in [0, 0.05) is 20.8 Å². The summed E-state index contributed by atoms with van der Waals surface area (Å²) in [4.78, 5) is 4.47. The van der Waals surface area contributed by atoms with Gasteiger partial charge in [-0.15, -0.1) is 0 Å². The third-order valence-corrected chi connectivity index (χ3v) is 4.27. The molecular formula is C14H25N3O3. The first-order valence-electron chi connectivity index (χ1n) is 7.25. The fraction of sp³-hybridized carbons (Fsp3) is 0.857. The predicted octanol–water partition coefficient (Wildman–Crippen LogP) is 2.16. The fourth-order valence-corrected chi connectivity index (χ4v) is 2.69. The zero-order chi connectivity index (χ0) is 14.6. The van der Waals surface area contributed by atoms with Crippen molar-refractivity contribution in [1.29, 1.82) is 0 Å². The standard InChI is InChI=1S/C14H25N3O3/c1-10-4-7-14(19-3,8-5-10)13-16-12(20-17-13)11(15)6-9-18-2/h10-11H,4-9,15H2,1-3H3. The molecule has 1 saturated carbocycles. The molecule has 0 aliphatic heterocycles. The molecule has 0 radical (unpaired) electrons. The second kappa shape index (κ2) is 6.65. The number of nitrogens with zero attached hydrogens (tertiary/aromatic N) is 2. The average molecular weight is 283 g/mol. The summed E-state index contributed by atoms with van der Waals surface area (Å²) in [5, 5.41) is 4.11. The first kappa shape index (κ1) is 15.4. The van der Waals surface area contributed by atoms with Gasteiger partial charge in [-0.25, -0.2) is 0 Å². The molecule has 6 heteroatoms. The van der Waals surface area contributed by atoms with Crippen molar-refractivity contribution in [2.24, 2.45) is 11.7 Å². The number of hydrogen-bond donors (Lipinski definition) is 1. The highest BCUT2D eigenvalue weighted by atomic mass is 16.5. The molecular weight excluding hydrogens is 258 g/mol. The van der Waals surface area contributed by atoms with Crippen LogP contribution >= 0.6 is 0 Å². The topological polar surface area (TPSA) is 83.4 Å². The summed E-state index contributed by atoms with van der Waals surface area (Å²) in [5.74, 6) is 1.83. The Morgan fingerprint density at radius 1 is 1.40 bits per heavy atom. The van der Waals surface area contributed by atoms with Crippen LogP contribution in [0.15, 0.2) is 4.52 Å². The number of rotatable bonds is 6. The Hall–Kier alpha value is -0.980. The predicted molar refractivity (Wildman–Crippen MR) is 74.0 cm³/mol. The minimum Gasteiger partial charge on any atom is -0.385 e. The van der Waals surface area contributed by atoms with Gasteiger partial charge >= 0.3 is 0 Å². The summed E-state index contributed by atoms with van der Waals surface area (Å²) < 4.78 is 16.1. The fourth-order valence-electron chi connectivity index (χ4n) is 2.69. The van der Waals surface area contributed by atoms with Gasteiger partial charge in [-0.05, 0) is 38.0 Å². The molecule has 0 spiro atoms. The van der Waals surface area contributed by atoms with E-state index in [0.29, 0.717) is 24.7 Å². The number of hydrogen-bond acceptors (Lipinski definition) is 6. The third kappa shape index (κ3) is 3.19. The monoisotopic (exact) mass is 283 g/mol. The summed E-state index contributed by atoms with van der Waals surface area (Å²) >= 11 is 0. The van der Waals surface area contributed by atoms with Crippen LogP contribution < -0.4 is 5.73 Å². The molecule has 2 N–H and O–H groups in total. The normalized spacial score (nSPS) is 28.5. The van der Waals surface area contributed by atoms with E-state index >= 15 is 0 Å². The zero-order valence-electron chi connectivity index (χ0n) is 12.6. The van der Waals surface area contributed by atoms with E-state index in [9.17, 15) is 0 Å². The van der Waals surface area contributed by atoms with Crippen molar-refractivity contribution in [2.45, 2.75) is 50.7 Å². The lowest BCUT2D eigenvalue weighted by Crippen LogP contribution is -2.34. The molecule has 1 atom stereocenters. The summed E-state index contributed by atoms with van der Waals surface area (Å²) in [6, 6.07) is -0.285. The van der Waals surface area contributed by atoms with Crippen LogP contribution in [0, 0.1) is 5.92 Å². The molecule has 1 aromatic rings. The second-order valence-electron chi connectivity index (χ2n) is 5.73. The van der Waals surface area contributed by atoms with Crippen molar-refractivity contribution in [1.82, 2.24) is 10.1 Å². The Morgan fingerprint density at radius 2 is 2.10 bits per heavy atom. The highest BCUT2D eigenvalue weighted by Crippen LogP contribution is 2.40. The number of aromatic nitrogens is 2. The summed E-state index contributed by atoms with van der Waals surface area (Å²) in [5.41, 5.74) is 5.61. The van der Waals surface area contributed by atoms with Crippen LogP contribution in [0.1, 0.15) is 56.8 Å². The van der Waals surface area contributed by atoms with Gasteiger partial charge in [0.15, 0.2) is 0 Å². The van der Waals surface area contributed by atoms with Crippen molar-refractivity contribution in [3.05, 3.63) is 11.7 Å². The maximum Gasteiger partial charge on any atom is 0.243 e. The molecule has 0 saturated heterocycles. The average Bonchev–Trinajstić information content (AvgIpc) is 2.96. The molecule has 1 fully saturated rings. The summed E-state index contributed by atoms with van der Waals surface area (Å²) in [7, 11) is 3.37. The smallest absolute Gasteiger partial charge is 0.243 e. The summed E-state index contributed by atoms with van der Waals surface area (Å²) in [6.45, 7) is 2.84. The maximum atomic E-state index is 6.01. The van der Waals surface area contributed by atoms with Crippen LogP contribution in [0.2, 0.25) is 0 Å². The Morgan fingerprint density at radius 3 is 2.70 bits per heavy atom. The van der Waals surface area contributed by atoms with E-state index in [1.54, 1.807) is 14.2 Å². The lowest BCUT2D eigenvalue weighted by Gasteiger charge is -2.35. The number of ether oxygens (including phenoxy) is 2. The Bertz CT molecular complexity index is 414. The molecule has 0 bridgehead atoms. The quantitative estimate of drug-likeness (QED) is 0.861. The van der Waals surface area contributed by atoms with E-state index < -0.39 is 5.60 Å². The molecule has 0 aromatic carbocycles. The lowest BCUT2D eigenvalue weighted by atomic mass is 9.79. The van der Waals surface area contributed by atoms with E-state index in [-0.39, 0.29) is 6.04 Å². The van der Waals surface area contributed by atoms with Crippen molar-refractivity contribution < 1.29 is 14.0 Å². The van der Waals surface area contributed by atoms with Crippen LogP contribution in [0.4, 0.5) is 0 Å². The SMILES string of the molecule is COCCC(N)c1nc(C2(OC)CCC(C)CC2)no1. The molecule has 6 nitrogen and oxygen atoms in total. The largest absolute Gasteiger partial charge is 0.385 e. The minimum atomic E-state index is -0.408. The highest BCUT2D eigenvalue weighted by Gasteiger charge is 2.40. The Kier molecular flexibility index (Phi) is 5.12. The molecule has 1 aromatic heterocycles. The highest BCUT2D eigenvalue weighted by molar-refractivity contribution is 5.05. The molecule has 1 aliphatic carbocycles. The molecule has 2 rings (SSSR count). The van der Waals surface area contributed by atoms with Gasteiger partial charge in [-0.2, -0.15) is 4.98 Å². The van der Waals surface area contributed by atoms with Gasteiger partial charge in [-0.1, -0.05) is 12.1 Å². The van der Waals surface area contributed by atoms with Crippen molar-refractivity contribution in [2.75, 3.05) is 20.8 Å². The molecule has 1 aliphatic rings. The van der Waals surface area contributed by atoms with E-state index in [1.165, 1.54) is 0 Å². The van der Waals surface area contributed by atoms with E-state index in [0.717, 1.165) is 31.6 Å². The lowest BCUT2D eigenvalue weighted by molar-refractivity contribution is -0.0609. The van der Waals surface area contributed by atoms with E-state index in [4.69, 9.17) is 19.7 Å². The van der Waals surface area contributed by atoms with Crippen LogP contribution in [-0.4, -0.2) is 31.0 Å². The molecule has 1 heterocycles.